The SMILES string of the molecule is CC(C)(C)c1ccncc1.CCc1n[n-]c(-c2cccc(-c3cc(C(C)(C)C)n[n-]3)n2)c1C.[Pt+2]. The average Bonchev–Trinajstić information content (AvgIpc) is 3.41. The Bertz CT molecular complexity index is 1180. The third-order valence-electron chi connectivity index (χ3n) is 5.50. The quantitative estimate of drug-likeness (QED) is 0.288. The molecule has 0 amide bonds. The fourth-order valence-corrected chi connectivity index (χ4v) is 3.32. The van der Waals surface area contributed by atoms with Gasteiger partial charge in [0, 0.05) is 29.2 Å². The first-order valence-corrected chi connectivity index (χ1v) is 11.4. The number of nitrogens with zero attached hydrogens (tertiary/aromatic N) is 6. The van der Waals surface area contributed by atoms with Gasteiger partial charge in [-0.1, -0.05) is 72.0 Å². The first-order valence-electron chi connectivity index (χ1n) is 11.4. The van der Waals surface area contributed by atoms with Crippen molar-refractivity contribution in [1.82, 2.24) is 30.4 Å². The Hall–Kier alpha value is -2.59. The van der Waals surface area contributed by atoms with Crippen molar-refractivity contribution < 1.29 is 21.1 Å². The zero-order valence-corrected chi connectivity index (χ0v) is 23.6. The van der Waals surface area contributed by atoms with E-state index in [1.807, 2.05) is 43.6 Å². The Morgan fingerprint density at radius 1 is 0.824 bits per heavy atom. The van der Waals surface area contributed by atoms with E-state index in [0.29, 0.717) is 0 Å². The van der Waals surface area contributed by atoms with Gasteiger partial charge in [-0.05, 0) is 54.2 Å². The van der Waals surface area contributed by atoms with Crippen molar-refractivity contribution in [2.45, 2.75) is 72.6 Å². The number of pyridine rings is 2. The van der Waals surface area contributed by atoms with Crippen LogP contribution in [0.2, 0.25) is 0 Å². The van der Waals surface area contributed by atoms with Crippen LogP contribution in [-0.2, 0) is 38.3 Å². The van der Waals surface area contributed by atoms with Gasteiger partial charge in [0.25, 0.3) is 0 Å². The van der Waals surface area contributed by atoms with Gasteiger partial charge in [0.05, 0.1) is 11.4 Å². The maximum absolute atomic E-state index is 4.71. The van der Waals surface area contributed by atoms with Gasteiger partial charge in [-0.2, -0.15) is 0 Å². The number of aromatic nitrogens is 6. The molecule has 0 spiro atoms. The van der Waals surface area contributed by atoms with E-state index in [-0.39, 0.29) is 31.9 Å². The summed E-state index contributed by atoms with van der Waals surface area (Å²) in [6.45, 7) is 17.1. The molecular formula is C27H34N6Pt. The first kappa shape index (κ1) is 27.7. The first-order chi connectivity index (χ1) is 15.5. The van der Waals surface area contributed by atoms with Crippen LogP contribution in [0.15, 0.2) is 48.8 Å². The largest absolute Gasteiger partial charge is 2.00 e. The van der Waals surface area contributed by atoms with Crippen LogP contribution in [0.25, 0.3) is 22.8 Å². The zero-order valence-electron chi connectivity index (χ0n) is 21.3. The molecule has 0 saturated carbocycles. The van der Waals surface area contributed by atoms with E-state index in [0.717, 1.165) is 46.1 Å². The fraction of sp³-hybridized carbons (Fsp3) is 0.407. The van der Waals surface area contributed by atoms with Crippen molar-refractivity contribution in [2.24, 2.45) is 0 Å². The Kier molecular flexibility index (Phi) is 9.13. The predicted octanol–water partition coefficient (Wildman–Crippen LogP) is 5.66. The van der Waals surface area contributed by atoms with Crippen molar-refractivity contribution in [3.05, 3.63) is 71.3 Å². The van der Waals surface area contributed by atoms with Gasteiger partial charge in [0.15, 0.2) is 0 Å². The van der Waals surface area contributed by atoms with Gasteiger partial charge in [0.1, 0.15) is 0 Å². The molecule has 0 fully saturated rings. The molecule has 4 heterocycles. The van der Waals surface area contributed by atoms with Crippen LogP contribution >= 0.6 is 0 Å². The summed E-state index contributed by atoms with van der Waals surface area (Å²) in [6.07, 6.45) is 4.54. The molecule has 0 aliphatic heterocycles. The fourth-order valence-electron chi connectivity index (χ4n) is 3.32. The summed E-state index contributed by atoms with van der Waals surface area (Å²) in [7, 11) is 0. The maximum atomic E-state index is 4.71. The normalized spacial score (nSPS) is 11.4. The van der Waals surface area contributed by atoms with Gasteiger partial charge in [-0.3, -0.25) is 9.97 Å². The van der Waals surface area contributed by atoms with Gasteiger partial charge in [-0.15, -0.1) is 0 Å². The molecule has 4 aromatic heterocycles. The minimum absolute atomic E-state index is 0. The molecule has 0 unspecified atom stereocenters. The van der Waals surface area contributed by atoms with Crippen LogP contribution in [0.1, 0.15) is 71.0 Å². The van der Waals surface area contributed by atoms with E-state index in [2.05, 4.69) is 86.0 Å². The molecule has 4 rings (SSSR count). The van der Waals surface area contributed by atoms with E-state index in [1.54, 1.807) is 0 Å². The summed E-state index contributed by atoms with van der Waals surface area (Å²) in [5.74, 6) is 0. The van der Waals surface area contributed by atoms with E-state index in [1.165, 1.54) is 5.56 Å². The molecule has 0 aliphatic rings. The van der Waals surface area contributed by atoms with Crippen LogP contribution in [0.4, 0.5) is 0 Å². The molecule has 4 aromatic rings. The summed E-state index contributed by atoms with van der Waals surface area (Å²) < 4.78 is 0. The van der Waals surface area contributed by atoms with Gasteiger partial charge in [0.2, 0.25) is 0 Å². The topological polar surface area (TPSA) is 79.8 Å². The average molecular weight is 638 g/mol. The van der Waals surface area contributed by atoms with Crippen LogP contribution in [0, 0.1) is 6.92 Å². The molecule has 6 nitrogen and oxygen atoms in total. The van der Waals surface area contributed by atoms with Crippen molar-refractivity contribution in [3.63, 3.8) is 0 Å². The third-order valence-corrected chi connectivity index (χ3v) is 5.50. The summed E-state index contributed by atoms with van der Waals surface area (Å²) in [5, 5.41) is 17.1. The Morgan fingerprint density at radius 3 is 1.97 bits per heavy atom. The van der Waals surface area contributed by atoms with Crippen molar-refractivity contribution in [2.75, 3.05) is 0 Å². The van der Waals surface area contributed by atoms with Crippen LogP contribution in [0.3, 0.4) is 0 Å². The molecule has 0 saturated heterocycles. The van der Waals surface area contributed by atoms with E-state index in [4.69, 9.17) is 4.98 Å². The van der Waals surface area contributed by atoms with E-state index < -0.39 is 0 Å². The Labute approximate surface area is 217 Å². The number of hydrogen-bond acceptors (Lipinski definition) is 4. The predicted molar refractivity (Wildman–Crippen MR) is 133 cm³/mol. The number of hydrogen-bond donors (Lipinski definition) is 0. The Morgan fingerprint density at radius 2 is 1.47 bits per heavy atom. The molecule has 0 N–H and O–H groups in total. The summed E-state index contributed by atoms with van der Waals surface area (Å²) in [5.41, 5.74) is 7.94. The molecule has 0 atom stereocenters. The summed E-state index contributed by atoms with van der Waals surface area (Å²) in [4.78, 5) is 8.67. The standard InChI is InChI=1S/C18H21N5.C9H13N.Pt/c1-6-12-11(2)17(23-20-12)14-9-7-8-13(19-14)15-10-16(22-21-15)18(3,4)5;1-9(2,3)8-4-6-10-7-5-8;/h7-10H,6H2,1-5H3;4-7H,1-3H3;/q-2;;+2. The van der Waals surface area contributed by atoms with Gasteiger partial charge >= 0.3 is 21.1 Å². The second kappa shape index (κ2) is 11.2. The molecule has 0 aliphatic carbocycles. The molecule has 0 aromatic carbocycles. The second-order valence-electron chi connectivity index (χ2n) is 10.2. The molecule has 182 valence electrons. The van der Waals surface area contributed by atoms with Gasteiger partial charge < -0.3 is 20.4 Å². The van der Waals surface area contributed by atoms with Crippen molar-refractivity contribution >= 4 is 0 Å². The monoisotopic (exact) mass is 637 g/mol. The minimum Gasteiger partial charge on any atom is -0.573 e. The molecule has 0 bridgehead atoms. The summed E-state index contributed by atoms with van der Waals surface area (Å²) >= 11 is 0. The van der Waals surface area contributed by atoms with E-state index >= 15 is 0 Å². The summed E-state index contributed by atoms with van der Waals surface area (Å²) in [6, 6.07) is 12.0. The zero-order chi connectivity index (χ0) is 24.2. The van der Waals surface area contributed by atoms with Crippen LogP contribution < -0.4 is 10.2 Å². The Balaban J connectivity index is 0.000000314. The molecule has 0 radical (unpaired) electrons. The van der Waals surface area contributed by atoms with Crippen molar-refractivity contribution in [3.8, 4) is 22.8 Å². The van der Waals surface area contributed by atoms with Gasteiger partial charge in [-0.25, -0.2) is 0 Å². The second-order valence-corrected chi connectivity index (χ2v) is 10.2. The number of aryl methyl sites for hydroxylation is 1. The molecular weight excluding hydrogens is 603 g/mol. The van der Waals surface area contributed by atoms with Crippen molar-refractivity contribution in [1.29, 1.82) is 0 Å². The maximum Gasteiger partial charge on any atom is 2.00 e. The van der Waals surface area contributed by atoms with Crippen LogP contribution in [0.5, 0.6) is 0 Å². The molecule has 7 heteroatoms. The van der Waals surface area contributed by atoms with Crippen LogP contribution in [-0.4, -0.2) is 20.2 Å². The third kappa shape index (κ3) is 6.72. The molecule has 34 heavy (non-hydrogen) atoms. The smallest absolute Gasteiger partial charge is 0.573 e. The number of rotatable bonds is 3. The minimum atomic E-state index is -0.0212. The van der Waals surface area contributed by atoms with E-state index in [9.17, 15) is 0 Å².